The molecular formula is C13H12ClN3O2S. The fourth-order valence-electron chi connectivity index (χ4n) is 2.37. The maximum atomic E-state index is 12.3. The minimum atomic E-state index is -3.64. The second-order valence-corrected chi connectivity index (χ2v) is 6.65. The largest absolute Gasteiger partial charge is 0.244 e. The Hall–Kier alpha value is -1.50. The van der Waals surface area contributed by atoms with E-state index in [0.717, 1.165) is 18.4 Å². The first-order chi connectivity index (χ1) is 9.56. The topological polar surface area (TPSA) is 72.0 Å². The molecule has 1 aliphatic rings. The molecule has 0 bridgehead atoms. The number of benzene rings is 1. The molecule has 0 saturated carbocycles. The van der Waals surface area contributed by atoms with E-state index in [2.05, 4.69) is 14.7 Å². The second kappa shape index (κ2) is 5.12. The lowest BCUT2D eigenvalue weighted by atomic mass is 10.1. The number of aryl methyl sites for hydroxylation is 1. The smallest absolute Gasteiger partial charge is 0.225 e. The van der Waals surface area contributed by atoms with E-state index in [1.54, 1.807) is 0 Å². The third-order valence-corrected chi connectivity index (χ3v) is 4.96. The number of aromatic nitrogens is 2. The Bertz CT molecular complexity index is 732. The standard InChI is InChI=1S/C13H12ClN3O2S/c14-13-15-7-10(8-16-13)20(18,19)17-12-6-5-9-3-1-2-4-11(9)12/h1-4,7-8,12,17H,5-6H2. The van der Waals surface area contributed by atoms with Crippen LogP contribution in [0.4, 0.5) is 0 Å². The van der Waals surface area contributed by atoms with Crippen LogP contribution in [0, 0.1) is 0 Å². The van der Waals surface area contributed by atoms with Crippen molar-refractivity contribution < 1.29 is 8.42 Å². The molecule has 1 aromatic heterocycles. The summed E-state index contributed by atoms with van der Waals surface area (Å²) in [4.78, 5) is 7.42. The van der Waals surface area contributed by atoms with Crippen molar-refractivity contribution in [3.05, 3.63) is 53.1 Å². The zero-order valence-electron chi connectivity index (χ0n) is 10.5. The van der Waals surface area contributed by atoms with Crippen LogP contribution < -0.4 is 4.72 Å². The zero-order valence-corrected chi connectivity index (χ0v) is 12.0. The van der Waals surface area contributed by atoms with E-state index in [0.29, 0.717) is 0 Å². The van der Waals surface area contributed by atoms with Gasteiger partial charge in [-0.3, -0.25) is 0 Å². The van der Waals surface area contributed by atoms with Gasteiger partial charge in [0.15, 0.2) is 0 Å². The second-order valence-electron chi connectivity index (χ2n) is 4.60. The van der Waals surface area contributed by atoms with Crippen LogP contribution in [0.3, 0.4) is 0 Å². The van der Waals surface area contributed by atoms with E-state index in [-0.39, 0.29) is 16.2 Å². The molecule has 1 unspecified atom stereocenters. The molecule has 0 radical (unpaired) electrons. The average Bonchev–Trinajstić information content (AvgIpc) is 2.82. The Balaban J connectivity index is 1.86. The molecule has 1 aliphatic carbocycles. The molecule has 1 aromatic carbocycles. The monoisotopic (exact) mass is 309 g/mol. The first kappa shape index (κ1) is 13.5. The molecule has 3 rings (SSSR count). The van der Waals surface area contributed by atoms with Crippen LogP contribution in [0.5, 0.6) is 0 Å². The first-order valence-corrected chi connectivity index (χ1v) is 8.00. The number of nitrogens with one attached hydrogen (secondary N) is 1. The van der Waals surface area contributed by atoms with E-state index in [4.69, 9.17) is 11.6 Å². The highest BCUT2D eigenvalue weighted by molar-refractivity contribution is 7.89. The number of nitrogens with zero attached hydrogens (tertiary/aromatic N) is 2. The van der Waals surface area contributed by atoms with E-state index >= 15 is 0 Å². The predicted octanol–water partition coefficient (Wildman–Crippen LogP) is 2.10. The lowest BCUT2D eigenvalue weighted by molar-refractivity contribution is 0.553. The third-order valence-electron chi connectivity index (χ3n) is 3.34. The van der Waals surface area contributed by atoms with Gasteiger partial charge in [-0.2, -0.15) is 0 Å². The van der Waals surface area contributed by atoms with Crippen molar-refractivity contribution in [2.45, 2.75) is 23.8 Å². The maximum absolute atomic E-state index is 12.3. The molecule has 1 heterocycles. The van der Waals surface area contributed by atoms with Gasteiger partial charge in [0.2, 0.25) is 15.3 Å². The fraction of sp³-hybridized carbons (Fsp3) is 0.231. The number of rotatable bonds is 3. The molecule has 1 atom stereocenters. The van der Waals surface area contributed by atoms with Crippen LogP contribution >= 0.6 is 11.6 Å². The minimum absolute atomic E-state index is 0.0197. The summed E-state index contributed by atoms with van der Waals surface area (Å²) in [6.07, 6.45) is 4.05. The van der Waals surface area contributed by atoms with Crippen molar-refractivity contribution in [1.29, 1.82) is 0 Å². The van der Waals surface area contributed by atoms with E-state index in [9.17, 15) is 8.42 Å². The van der Waals surface area contributed by atoms with Gasteiger partial charge >= 0.3 is 0 Å². The Morgan fingerprint density at radius 3 is 2.65 bits per heavy atom. The van der Waals surface area contributed by atoms with Crippen LogP contribution in [0.1, 0.15) is 23.6 Å². The summed E-state index contributed by atoms with van der Waals surface area (Å²) >= 11 is 5.56. The number of sulfonamides is 1. The summed E-state index contributed by atoms with van der Waals surface area (Å²) in [5, 5.41) is 0.0233. The van der Waals surface area contributed by atoms with Gasteiger partial charge in [0.05, 0.1) is 12.4 Å². The SMILES string of the molecule is O=S(=O)(NC1CCc2ccccc21)c1cnc(Cl)nc1. The van der Waals surface area contributed by atoms with E-state index in [1.165, 1.54) is 18.0 Å². The highest BCUT2D eigenvalue weighted by Gasteiger charge is 2.27. The first-order valence-electron chi connectivity index (χ1n) is 6.14. The molecule has 1 N–H and O–H groups in total. The summed E-state index contributed by atoms with van der Waals surface area (Å²) < 4.78 is 27.2. The van der Waals surface area contributed by atoms with Crippen LogP contribution in [0.2, 0.25) is 5.28 Å². The van der Waals surface area contributed by atoms with Crippen molar-refractivity contribution in [2.24, 2.45) is 0 Å². The Labute approximate surface area is 122 Å². The highest BCUT2D eigenvalue weighted by Crippen LogP contribution is 2.31. The van der Waals surface area contributed by atoms with Crippen LogP contribution in [0.15, 0.2) is 41.6 Å². The van der Waals surface area contributed by atoms with Crippen molar-refractivity contribution in [3.8, 4) is 0 Å². The van der Waals surface area contributed by atoms with E-state index in [1.807, 2.05) is 24.3 Å². The summed E-state index contributed by atoms with van der Waals surface area (Å²) in [6.45, 7) is 0. The van der Waals surface area contributed by atoms with Crippen LogP contribution in [-0.4, -0.2) is 18.4 Å². The summed E-state index contributed by atoms with van der Waals surface area (Å²) in [7, 11) is -3.64. The van der Waals surface area contributed by atoms with Gasteiger partial charge in [-0.05, 0) is 35.6 Å². The summed E-state index contributed by atoms with van der Waals surface area (Å²) in [6, 6.07) is 7.65. The normalized spacial score (nSPS) is 17.9. The van der Waals surface area contributed by atoms with Crippen molar-refractivity contribution >= 4 is 21.6 Å². The third kappa shape index (κ3) is 2.54. The Morgan fingerprint density at radius 2 is 1.90 bits per heavy atom. The van der Waals surface area contributed by atoms with Crippen molar-refractivity contribution in [3.63, 3.8) is 0 Å². The Morgan fingerprint density at radius 1 is 1.20 bits per heavy atom. The van der Waals surface area contributed by atoms with Gasteiger partial charge < -0.3 is 0 Å². The van der Waals surface area contributed by atoms with Gasteiger partial charge in [-0.15, -0.1) is 0 Å². The average molecular weight is 310 g/mol. The number of halogens is 1. The number of hydrogen-bond acceptors (Lipinski definition) is 4. The Kier molecular flexibility index (Phi) is 3.45. The van der Waals surface area contributed by atoms with Gasteiger partial charge in [-0.1, -0.05) is 24.3 Å². The molecule has 0 spiro atoms. The lowest BCUT2D eigenvalue weighted by Crippen LogP contribution is -2.27. The van der Waals surface area contributed by atoms with E-state index < -0.39 is 10.0 Å². The molecule has 0 saturated heterocycles. The molecule has 7 heteroatoms. The number of fused-ring (bicyclic) bond motifs is 1. The molecule has 2 aromatic rings. The molecule has 20 heavy (non-hydrogen) atoms. The maximum Gasteiger partial charge on any atom is 0.244 e. The molecule has 104 valence electrons. The van der Waals surface area contributed by atoms with Gasteiger partial charge in [0.1, 0.15) is 4.90 Å². The molecule has 0 amide bonds. The quantitative estimate of drug-likeness (QED) is 0.881. The lowest BCUT2D eigenvalue weighted by Gasteiger charge is -2.14. The minimum Gasteiger partial charge on any atom is -0.225 e. The summed E-state index contributed by atoms with van der Waals surface area (Å²) in [5.74, 6) is 0. The summed E-state index contributed by atoms with van der Waals surface area (Å²) in [5.41, 5.74) is 2.22. The van der Waals surface area contributed by atoms with Gasteiger partial charge in [-0.25, -0.2) is 23.1 Å². The van der Waals surface area contributed by atoms with Crippen molar-refractivity contribution in [2.75, 3.05) is 0 Å². The molecule has 0 fully saturated rings. The van der Waals surface area contributed by atoms with Crippen LogP contribution in [0.25, 0.3) is 0 Å². The van der Waals surface area contributed by atoms with Gasteiger partial charge in [0, 0.05) is 6.04 Å². The molecule has 0 aliphatic heterocycles. The molecule has 5 nitrogen and oxygen atoms in total. The van der Waals surface area contributed by atoms with Crippen LogP contribution in [-0.2, 0) is 16.4 Å². The van der Waals surface area contributed by atoms with Gasteiger partial charge in [0.25, 0.3) is 0 Å². The predicted molar refractivity (Wildman–Crippen MR) is 74.9 cm³/mol. The highest BCUT2D eigenvalue weighted by atomic mass is 35.5. The molecular weight excluding hydrogens is 298 g/mol. The number of hydrogen-bond donors (Lipinski definition) is 1. The fourth-order valence-corrected chi connectivity index (χ4v) is 3.61. The van der Waals surface area contributed by atoms with Crippen molar-refractivity contribution in [1.82, 2.24) is 14.7 Å². The zero-order chi connectivity index (χ0) is 14.2.